The number of imidazole rings is 1. The van der Waals surface area contributed by atoms with Crippen LogP contribution >= 0.6 is 0 Å². The number of carbonyl (C=O) groups excluding carboxylic acids is 1. The van der Waals surface area contributed by atoms with Crippen LogP contribution in [0.5, 0.6) is 5.88 Å². The van der Waals surface area contributed by atoms with Crippen molar-refractivity contribution < 1.29 is 22.7 Å². The maximum Gasteiger partial charge on any atom is 0.416 e. The van der Waals surface area contributed by atoms with Gasteiger partial charge in [-0.25, -0.2) is 4.98 Å². The van der Waals surface area contributed by atoms with Crippen molar-refractivity contribution in [2.75, 3.05) is 18.6 Å². The van der Waals surface area contributed by atoms with E-state index in [0.29, 0.717) is 47.4 Å². The van der Waals surface area contributed by atoms with Crippen LogP contribution in [0.4, 0.5) is 18.9 Å². The van der Waals surface area contributed by atoms with Gasteiger partial charge >= 0.3 is 6.18 Å². The molecule has 0 saturated carbocycles. The molecule has 1 aliphatic heterocycles. The number of hydrogen-bond acceptors (Lipinski definition) is 6. The van der Waals surface area contributed by atoms with Gasteiger partial charge in [0, 0.05) is 19.0 Å². The lowest BCUT2D eigenvalue weighted by Crippen LogP contribution is -2.23. The Hall–Kier alpha value is -4.02. The number of pyridine rings is 1. The molecular weight excluding hydrogens is 437 g/mol. The van der Waals surface area contributed by atoms with Gasteiger partial charge < -0.3 is 9.64 Å². The van der Waals surface area contributed by atoms with Gasteiger partial charge in [0.05, 0.1) is 35.6 Å². The summed E-state index contributed by atoms with van der Waals surface area (Å²) in [5, 5.41) is 8.10. The van der Waals surface area contributed by atoms with Gasteiger partial charge in [0.1, 0.15) is 5.69 Å². The Morgan fingerprint density at radius 1 is 1.06 bits per heavy atom. The number of carbonyl (C=O) groups is 1. The largest absolute Gasteiger partial charge is 0.480 e. The number of anilines is 1. The molecule has 4 aromatic rings. The second kappa shape index (κ2) is 7.84. The van der Waals surface area contributed by atoms with Crippen LogP contribution in [-0.2, 0) is 11.0 Å². The van der Waals surface area contributed by atoms with Crippen molar-refractivity contribution >= 4 is 22.6 Å². The molecule has 1 saturated heterocycles. The molecule has 1 aliphatic rings. The Balaban J connectivity index is 1.65. The molecule has 0 spiro atoms. The van der Waals surface area contributed by atoms with E-state index in [2.05, 4.69) is 20.2 Å². The van der Waals surface area contributed by atoms with Crippen LogP contribution in [0.3, 0.4) is 0 Å². The van der Waals surface area contributed by atoms with E-state index in [4.69, 9.17) is 4.74 Å². The lowest BCUT2D eigenvalue weighted by molar-refractivity contribution is -0.137. The van der Waals surface area contributed by atoms with Crippen molar-refractivity contribution in [3.63, 3.8) is 0 Å². The van der Waals surface area contributed by atoms with Crippen molar-refractivity contribution in [3.05, 3.63) is 54.2 Å². The van der Waals surface area contributed by atoms with E-state index in [1.54, 1.807) is 39.9 Å². The molecule has 0 bridgehead atoms. The smallest absolute Gasteiger partial charge is 0.416 e. The van der Waals surface area contributed by atoms with Crippen molar-refractivity contribution in [1.82, 2.24) is 24.7 Å². The van der Waals surface area contributed by atoms with Crippen LogP contribution in [0, 0.1) is 0 Å². The predicted molar refractivity (Wildman–Crippen MR) is 113 cm³/mol. The number of benzene rings is 1. The van der Waals surface area contributed by atoms with Gasteiger partial charge in [0.25, 0.3) is 0 Å². The highest BCUT2D eigenvalue weighted by atomic mass is 19.4. The molecule has 1 amide bonds. The fourth-order valence-electron chi connectivity index (χ4n) is 3.80. The third-order valence-corrected chi connectivity index (χ3v) is 5.41. The van der Waals surface area contributed by atoms with Crippen molar-refractivity contribution in [3.8, 4) is 23.2 Å². The molecule has 168 valence electrons. The van der Waals surface area contributed by atoms with E-state index < -0.39 is 11.7 Å². The van der Waals surface area contributed by atoms with Crippen LogP contribution in [0.1, 0.15) is 18.4 Å². The Bertz CT molecular complexity index is 1330. The minimum Gasteiger partial charge on any atom is -0.480 e. The molecule has 0 N–H and O–H groups in total. The zero-order chi connectivity index (χ0) is 23.2. The molecule has 8 nitrogen and oxygen atoms in total. The van der Waals surface area contributed by atoms with E-state index >= 15 is 0 Å². The summed E-state index contributed by atoms with van der Waals surface area (Å²) >= 11 is 0. The zero-order valence-electron chi connectivity index (χ0n) is 17.4. The number of fused-ring (bicyclic) bond motifs is 1. The Labute approximate surface area is 185 Å². The number of ether oxygens (including phenoxy) is 1. The summed E-state index contributed by atoms with van der Waals surface area (Å²) in [6, 6.07) is 9.98. The molecule has 3 aromatic heterocycles. The van der Waals surface area contributed by atoms with E-state index in [0.717, 1.165) is 18.6 Å². The summed E-state index contributed by atoms with van der Waals surface area (Å²) in [6.45, 7) is 0.625. The van der Waals surface area contributed by atoms with Crippen molar-refractivity contribution in [2.24, 2.45) is 0 Å². The quantitative estimate of drug-likeness (QED) is 0.463. The third kappa shape index (κ3) is 3.75. The van der Waals surface area contributed by atoms with E-state index in [1.807, 2.05) is 0 Å². The molecule has 1 fully saturated rings. The summed E-state index contributed by atoms with van der Waals surface area (Å²) in [4.78, 5) is 22.6. The number of amides is 1. The normalized spacial score (nSPS) is 14.3. The monoisotopic (exact) mass is 454 g/mol. The number of halogens is 3. The molecule has 0 atom stereocenters. The maximum absolute atomic E-state index is 13.3. The molecule has 4 heterocycles. The molecule has 0 aliphatic carbocycles. The topological polar surface area (TPSA) is 86.0 Å². The van der Waals surface area contributed by atoms with E-state index in [1.165, 1.54) is 13.2 Å². The van der Waals surface area contributed by atoms with Crippen LogP contribution in [0.15, 0.2) is 48.7 Å². The Morgan fingerprint density at radius 3 is 2.52 bits per heavy atom. The van der Waals surface area contributed by atoms with E-state index in [-0.39, 0.29) is 11.4 Å². The number of nitrogens with zero attached hydrogens (tertiary/aromatic N) is 6. The van der Waals surface area contributed by atoms with Crippen LogP contribution in [-0.4, -0.2) is 44.3 Å². The average molecular weight is 454 g/mol. The van der Waals surface area contributed by atoms with Gasteiger partial charge in [-0.15, -0.1) is 10.2 Å². The van der Waals surface area contributed by atoms with Crippen molar-refractivity contribution in [1.29, 1.82) is 0 Å². The fraction of sp³-hybridized carbons (Fsp3) is 0.227. The number of methoxy groups -OCH3 is 1. The second-order valence-corrected chi connectivity index (χ2v) is 7.46. The molecule has 5 rings (SSSR count). The minimum absolute atomic E-state index is 0.0324. The van der Waals surface area contributed by atoms with Gasteiger partial charge in [-0.05, 0) is 42.8 Å². The zero-order valence-corrected chi connectivity index (χ0v) is 17.4. The lowest BCUT2D eigenvalue weighted by atomic mass is 10.2. The summed E-state index contributed by atoms with van der Waals surface area (Å²) in [5.41, 5.74) is 0.819. The highest BCUT2D eigenvalue weighted by molar-refractivity contribution is 5.95. The summed E-state index contributed by atoms with van der Waals surface area (Å²) in [5.74, 6) is 0.962. The van der Waals surface area contributed by atoms with Crippen molar-refractivity contribution in [2.45, 2.75) is 19.0 Å². The fourth-order valence-corrected chi connectivity index (χ4v) is 3.80. The standard InChI is InChI=1S/C22H17F3N6O2/c1-33-19-9-8-18(28-29-19)31-17-7-4-13(22(23,24)25)11-16(17)27-21(31)15-6-5-14(12-26-15)30-10-2-3-20(30)32/h4-9,11-12H,2-3,10H2,1H3. The lowest BCUT2D eigenvalue weighted by Gasteiger charge is -2.15. The Morgan fingerprint density at radius 2 is 1.91 bits per heavy atom. The maximum atomic E-state index is 13.3. The number of alkyl halides is 3. The number of hydrogen-bond donors (Lipinski definition) is 0. The first-order valence-electron chi connectivity index (χ1n) is 10.1. The average Bonchev–Trinajstić information content (AvgIpc) is 3.41. The molecule has 33 heavy (non-hydrogen) atoms. The van der Waals surface area contributed by atoms with Gasteiger partial charge in [-0.2, -0.15) is 13.2 Å². The summed E-state index contributed by atoms with van der Waals surface area (Å²) < 4.78 is 46.4. The summed E-state index contributed by atoms with van der Waals surface area (Å²) in [6.07, 6.45) is -1.66. The van der Waals surface area contributed by atoms with Crippen LogP contribution in [0.2, 0.25) is 0 Å². The van der Waals surface area contributed by atoms with Gasteiger partial charge in [0.15, 0.2) is 11.6 Å². The predicted octanol–water partition coefficient (Wildman–Crippen LogP) is 4.03. The Kier molecular flexibility index (Phi) is 4.95. The van der Waals surface area contributed by atoms with Gasteiger partial charge in [-0.3, -0.25) is 14.3 Å². The summed E-state index contributed by atoms with van der Waals surface area (Å²) in [7, 11) is 1.46. The van der Waals surface area contributed by atoms with Gasteiger partial charge in [0.2, 0.25) is 11.8 Å². The highest BCUT2D eigenvalue weighted by Gasteiger charge is 2.31. The minimum atomic E-state index is -4.50. The van der Waals surface area contributed by atoms with Crippen LogP contribution < -0.4 is 9.64 Å². The molecular formula is C22H17F3N6O2. The first kappa shape index (κ1) is 20.9. The second-order valence-electron chi connectivity index (χ2n) is 7.46. The number of aromatic nitrogens is 5. The molecule has 0 unspecified atom stereocenters. The highest BCUT2D eigenvalue weighted by Crippen LogP contribution is 2.34. The van der Waals surface area contributed by atoms with Crippen LogP contribution in [0.25, 0.3) is 28.4 Å². The van der Waals surface area contributed by atoms with Gasteiger partial charge in [-0.1, -0.05) is 0 Å². The third-order valence-electron chi connectivity index (χ3n) is 5.41. The molecule has 0 radical (unpaired) electrons. The SMILES string of the molecule is COc1ccc(-n2c(-c3ccc(N4CCCC4=O)cn3)nc3cc(C(F)(F)F)ccc32)nn1. The first-order chi connectivity index (χ1) is 15.8. The number of rotatable bonds is 4. The molecule has 11 heteroatoms. The first-order valence-corrected chi connectivity index (χ1v) is 10.1. The van der Waals surface area contributed by atoms with E-state index in [9.17, 15) is 18.0 Å². The molecule has 1 aromatic carbocycles.